The Labute approximate surface area is 156 Å². The lowest BCUT2D eigenvalue weighted by molar-refractivity contribution is 1.37. The molecule has 0 spiro atoms. The Kier molecular flexibility index (Phi) is 12.2. The molecule has 0 radical (unpaired) electrons. The second-order valence-electron chi connectivity index (χ2n) is 4.89. The van der Waals surface area contributed by atoms with Gasteiger partial charge in [-0.25, -0.2) is 0 Å². The van der Waals surface area contributed by atoms with E-state index in [9.17, 15) is 0 Å². The van der Waals surface area contributed by atoms with Crippen LogP contribution in [0.15, 0.2) is 87.4 Å². The van der Waals surface area contributed by atoms with Gasteiger partial charge in [-0.05, 0) is 61.9 Å². The standard InChI is InChI=1S/C20H25S2.C2H6/c1-7-8-9-18(4)22(19(5)13-12-17(3)21-6)20-14-10-16(2)11-15-20;1-2/h7-15H,3,5H2,1-2,4,6H3;1-2H3/q+1;/b8-7-,13-12-,18-9+;. The molecule has 1 atom stereocenters. The second kappa shape index (κ2) is 13.0. The number of hydrogen-bond donors (Lipinski definition) is 0. The average molecular weight is 360 g/mol. The van der Waals surface area contributed by atoms with Crippen LogP contribution in [-0.4, -0.2) is 6.26 Å². The van der Waals surface area contributed by atoms with Gasteiger partial charge in [-0.1, -0.05) is 50.3 Å². The third kappa shape index (κ3) is 7.94. The zero-order valence-corrected chi connectivity index (χ0v) is 17.6. The van der Waals surface area contributed by atoms with E-state index in [0.717, 1.165) is 9.81 Å². The Bertz CT molecular complexity index is 601. The fourth-order valence-corrected chi connectivity index (χ4v) is 3.96. The highest BCUT2D eigenvalue weighted by Gasteiger charge is 2.27. The van der Waals surface area contributed by atoms with Gasteiger partial charge in [0.1, 0.15) is 4.91 Å². The summed E-state index contributed by atoms with van der Waals surface area (Å²) in [5.41, 5.74) is 1.28. The minimum Gasteiger partial charge on any atom is -0.130 e. The van der Waals surface area contributed by atoms with E-state index in [1.807, 2.05) is 39.2 Å². The summed E-state index contributed by atoms with van der Waals surface area (Å²) in [6.45, 7) is 18.6. The van der Waals surface area contributed by atoms with Gasteiger partial charge in [-0.2, -0.15) is 0 Å². The fraction of sp³-hybridized carbons (Fsp3) is 0.273. The van der Waals surface area contributed by atoms with Crippen molar-refractivity contribution in [1.29, 1.82) is 0 Å². The Balaban J connectivity index is 0.00000254. The summed E-state index contributed by atoms with van der Waals surface area (Å²) in [4.78, 5) is 4.76. The number of aryl methyl sites for hydroxylation is 1. The van der Waals surface area contributed by atoms with Crippen LogP contribution >= 0.6 is 11.8 Å². The van der Waals surface area contributed by atoms with E-state index in [0.29, 0.717) is 0 Å². The van der Waals surface area contributed by atoms with Crippen LogP contribution in [0.1, 0.15) is 33.3 Å². The van der Waals surface area contributed by atoms with Gasteiger partial charge in [0.25, 0.3) is 0 Å². The fourth-order valence-electron chi connectivity index (χ4n) is 1.84. The van der Waals surface area contributed by atoms with Crippen molar-refractivity contribution in [3.05, 3.63) is 88.1 Å². The summed E-state index contributed by atoms with van der Waals surface area (Å²) in [6, 6.07) is 8.73. The summed E-state index contributed by atoms with van der Waals surface area (Å²) in [5.74, 6) is 0. The van der Waals surface area contributed by atoms with Gasteiger partial charge in [0.05, 0.1) is 10.9 Å². The summed E-state index contributed by atoms with van der Waals surface area (Å²) in [7, 11) is -0.127. The normalized spacial score (nSPS) is 12.8. The van der Waals surface area contributed by atoms with Crippen LogP contribution in [0.4, 0.5) is 0 Å². The molecule has 130 valence electrons. The molecule has 0 nitrogen and oxygen atoms in total. The van der Waals surface area contributed by atoms with Crippen molar-refractivity contribution < 1.29 is 0 Å². The van der Waals surface area contributed by atoms with E-state index in [-0.39, 0.29) is 10.9 Å². The minimum atomic E-state index is -0.127. The maximum absolute atomic E-state index is 4.30. The van der Waals surface area contributed by atoms with Crippen LogP contribution < -0.4 is 0 Å². The number of hydrogen-bond acceptors (Lipinski definition) is 1. The molecule has 0 aromatic heterocycles. The van der Waals surface area contributed by atoms with E-state index < -0.39 is 0 Å². The van der Waals surface area contributed by atoms with E-state index in [2.05, 4.69) is 69.5 Å². The molecular weight excluding hydrogens is 328 g/mol. The first-order valence-electron chi connectivity index (χ1n) is 8.20. The third-order valence-corrected chi connectivity index (χ3v) is 5.93. The molecule has 24 heavy (non-hydrogen) atoms. The van der Waals surface area contributed by atoms with Crippen LogP contribution in [0.5, 0.6) is 0 Å². The number of rotatable bonds is 7. The van der Waals surface area contributed by atoms with Gasteiger partial charge in [-0.3, -0.25) is 0 Å². The first-order chi connectivity index (χ1) is 11.5. The Morgan fingerprint density at radius 2 is 1.67 bits per heavy atom. The summed E-state index contributed by atoms with van der Waals surface area (Å²) >= 11 is 1.65. The minimum absolute atomic E-state index is 0.127. The maximum Gasteiger partial charge on any atom is 0.166 e. The van der Waals surface area contributed by atoms with Crippen LogP contribution in [0.2, 0.25) is 0 Å². The lowest BCUT2D eigenvalue weighted by Crippen LogP contribution is -2.05. The molecule has 0 heterocycles. The Morgan fingerprint density at radius 3 is 2.17 bits per heavy atom. The third-order valence-electron chi connectivity index (χ3n) is 3.08. The molecule has 0 aliphatic rings. The molecule has 0 saturated heterocycles. The van der Waals surface area contributed by atoms with Crippen molar-refractivity contribution in [2.45, 2.75) is 39.5 Å². The lowest BCUT2D eigenvalue weighted by Gasteiger charge is -2.08. The van der Waals surface area contributed by atoms with Crippen molar-refractivity contribution in [2.24, 2.45) is 0 Å². The first kappa shape index (κ1) is 22.6. The van der Waals surface area contributed by atoms with Crippen LogP contribution in [0.3, 0.4) is 0 Å². The molecule has 0 fully saturated rings. The molecule has 2 heteroatoms. The zero-order chi connectivity index (χ0) is 18.5. The van der Waals surface area contributed by atoms with Crippen molar-refractivity contribution >= 4 is 22.7 Å². The van der Waals surface area contributed by atoms with Gasteiger partial charge >= 0.3 is 0 Å². The molecule has 0 saturated carbocycles. The van der Waals surface area contributed by atoms with E-state index in [4.69, 9.17) is 0 Å². The van der Waals surface area contributed by atoms with Gasteiger partial charge in [0, 0.05) is 6.92 Å². The number of allylic oxidation sites excluding steroid dienone is 6. The van der Waals surface area contributed by atoms with Crippen LogP contribution in [0, 0.1) is 6.92 Å². The molecule has 1 aromatic carbocycles. The molecule has 0 aliphatic heterocycles. The lowest BCUT2D eigenvalue weighted by atomic mass is 10.2. The summed E-state index contributed by atoms with van der Waals surface area (Å²) in [6.07, 6.45) is 12.5. The zero-order valence-electron chi connectivity index (χ0n) is 15.9. The number of thioether (sulfide) groups is 1. The van der Waals surface area contributed by atoms with Crippen molar-refractivity contribution in [1.82, 2.24) is 0 Å². The largest absolute Gasteiger partial charge is 0.166 e. The predicted octanol–water partition coefficient (Wildman–Crippen LogP) is 7.42. The molecule has 0 bridgehead atoms. The van der Waals surface area contributed by atoms with Crippen LogP contribution in [-0.2, 0) is 10.9 Å². The highest BCUT2D eigenvalue weighted by atomic mass is 32.2. The smallest absolute Gasteiger partial charge is 0.130 e. The first-order valence-corrected chi connectivity index (χ1v) is 10.6. The molecule has 1 unspecified atom stereocenters. The van der Waals surface area contributed by atoms with Gasteiger partial charge in [0.15, 0.2) is 9.80 Å². The predicted molar refractivity (Wildman–Crippen MR) is 118 cm³/mol. The highest BCUT2D eigenvalue weighted by molar-refractivity contribution is 8.04. The molecule has 0 N–H and O–H groups in total. The number of benzene rings is 1. The highest BCUT2D eigenvalue weighted by Crippen LogP contribution is 2.30. The van der Waals surface area contributed by atoms with Gasteiger partial charge < -0.3 is 0 Å². The molecule has 1 aromatic rings. The molecule has 0 aliphatic carbocycles. The summed E-state index contributed by atoms with van der Waals surface area (Å²) in [5, 5.41) is 0. The average Bonchev–Trinajstić information content (AvgIpc) is 2.61. The van der Waals surface area contributed by atoms with E-state index in [1.54, 1.807) is 11.8 Å². The SMILES string of the molecule is C=C(/C=C\C(=C)[S+](/C(C)=C/C=C\C)c1ccc(C)cc1)SC.CC. The van der Waals surface area contributed by atoms with Gasteiger partial charge in [0.2, 0.25) is 0 Å². The quantitative estimate of drug-likeness (QED) is 0.360. The Morgan fingerprint density at radius 1 is 1.08 bits per heavy atom. The van der Waals surface area contributed by atoms with Crippen LogP contribution in [0.25, 0.3) is 0 Å². The molecule has 1 rings (SSSR count). The van der Waals surface area contributed by atoms with Crippen molar-refractivity contribution in [3.63, 3.8) is 0 Å². The van der Waals surface area contributed by atoms with E-state index >= 15 is 0 Å². The summed E-state index contributed by atoms with van der Waals surface area (Å²) < 4.78 is 0. The van der Waals surface area contributed by atoms with Gasteiger partial charge in [-0.15, -0.1) is 11.8 Å². The second-order valence-corrected chi connectivity index (χ2v) is 8.08. The van der Waals surface area contributed by atoms with Crippen molar-refractivity contribution in [2.75, 3.05) is 6.26 Å². The topological polar surface area (TPSA) is 0 Å². The molecule has 0 amide bonds. The monoisotopic (exact) mass is 359 g/mol. The maximum atomic E-state index is 4.30. The Hall–Kier alpha value is -1.38. The van der Waals surface area contributed by atoms with E-state index in [1.165, 1.54) is 15.4 Å². The molecular formula is C22H31S2+. The van der Waals surface area contributed by atoms with Crippen molar-refractivity contribution in [3.8, 4) is 0 Å².